The van der Waals surface area contributed by atoms with Gasteiger partial charge in [-0.15, -0.1) is 0 Å². The van der Waals surface area contributed by atoms with E-state index in [1.54, 1.807) is 18.2 Å². The van der Waals surface area contributed by atoms with E-state index < -0.39 is 16.1 Å². The lowest BCUT2D eigenvalue weighted by atomic mass is 9.86. The number of carbonyl (C=O) groups excluding carboxylic acids is 1. The molecule has 1 amide bonds. The molecule has 0 aromatic heterocycles. The Morgan fingerprint density at radius 3 is 2.38 bits per heavy atom. The first-order valence-electron chi connectivity index (χ1n) is 12.3. The zero-order chi connectivity index (χ0) is 26.8. The van der Waals surface area contributed by atoms with Gasteiger partial charge in [-0.2, -0.15) is 0 Å². The van der Waals surface area contributed by atoms with Crippen LogP contribution in [0, 0.1) is 0 Å². The predicted octanol–water partition coefficient (Wildman–Crippen LogP) is 4.87. The van der Waals surface area contributed by atoms with Crippen molar-refractivity contribution in [2.75, 3.05) is 24.5 Å². The minimum absolute atomic E-state index is 0.0921. The number of fused-ring (bicyclic) bond motifs is 1. The molecule has 0 aliphatic carbocycles. The predicted molar refractivity (Wildman–Crippen MR) is 145 cm³/mol. The van der Waals surface area contributed by atoms with Gasteiger partial charge in [-0.25, -0.2) is 8.42 Å². The number of hydrogen-bond acceptors (Lipinski definition) is 5. The SMILES string of the molecule is COc1ccc(S(=O)(=O)N2C[C@H](C(=O)NC[C@@H](C)c3ccccc3)Oc3ccc(C(C)(C)C)cc32)cc1. The molecule has 3 aromatic rings. The van der Waals surface area contributed by atoms with Crippen molar-refractivity contribution in [3.8, 4) is 11.5 Å². The number of benzene rings is 3. The maximum absolute atomic E-state index is 13.8. The fourth-order valence-electron chi connectivity index (χ4n) is 4.22. The number of hydrogen-bond donors (Lipinski definition) is 1. The molecule has 0 saturated heterocycles. The highest BCUT2D eigenvalue weighted by molar-refractivity contribution is 7.92. The van der Waals surface area contributed by atoms with Crippen LogP contribution in [0.4, 0.5) is 5.69 Å². The summed E-state index contributed by atoms with van der Waals surface area (Å²) >= 11 is 0. The minimum Gasteiger partial charge on any atom is -0.497 e. The number of nitrogens with zero attached hydrogens (tertiary/aromatic N) is 1. The largest absolute Gasteiger partial charge is 0.497 e. The summed E-state index contributed by atoms with van der Waals surface area (Å²) in [5.74, 6) is 0.645. The zero-order valence-electron chi connectivity index (χ0n) is 21.9. The van der Waals surface area contributed by atoms with Gasteiger partial charge in [-0.3, -0.25) is 9.10 Å². The van der Waals surface area contributed by atoms with Crippen molar-refractivity contribution in [1.82, 2.24) is 5.32 Å². The number of ether oxygens (including phenoxy) is 2. The van der Waals surface area contributed by atoms with Crippen LogP contribution in [-0.4, -0.2) is 40.6 Å². The maximum Gasteiger partial charge on any atom is 0.264 e. The van der Waals surface area contributed by atoms with E-state index in [-0.39, 0.29) is 28.7 Å². The number of nitrogens with one attached hydrogen (secondary N) is 1. The monoisotopic (exact) mass is 522 g/mol. The molecule has 0 radical (unpaired) electrons. The molecule has 3 aromatic carbocycles. The Balaban J connectivity index is 1.64. The van der Waals surface area contributed by atoms with Crippen LogP contribution in [0.3, 0.4) is 0 Å². The topological polar surface area (TPSA) is 84.9 Å². The number of methoxy groups -OCH3 is 1. The summed E-state index contributed by atoms with van der Waals surface area (Å²) < 4.78 is 40.2. The Morgan fingerprint density at radius 1 is 1.08 bits per heavy atom. The lowest BCUT2D eigenvalue weighted by molar-refractivity contribution is -0.127. The third kappa shape index (κ3) is 5.74. The maximum atomic E-state index is 13.8. The summed E-state index contributed by atoms with van der Waals surface area (Å²) in [5, 5.41) is 2.94. The molecule has 8 heteroatoms. The molecule has 0 fully saturated rings. The second-order valence-corrected chi connectivity index (χ2v) is 12.2. The molecule has 1 aliphatic rings. The first kappa shape index (κ1) is 26.5. The molecular weight excluding hydrogens is 488 g/mol. The Labute approximate surface area is 219 Å². The van der Waals surface area contributed by atoms with Crippen LogP contribution >= 0.6 is 0 Å². The van der Waals surface area contributed by atoms with Crippen LogP contribution in [0.15, 0.2) is 77.7 Å². The van der Waals surface area contributed by atoms with Gasteiger partial charge >= 0.3 is 0 Å². The highest BCUT2D eigenvalue weighted by atomic mass is 32.2. The van der Waals surface area contributed by atoms with E-state index in [9.17, 15) is 13.2 Å². The van der Waals surface area contributed by atoms with Crippen LogP contribution in [0.1, 0.15) is 44.7 Å². The summed E-state index contributed by atoms with van der Waals surface area (Å²) in [6.45, 7) is 8.48. The summed E-state index contributed by atoms with van der Waals surface area (Å²) in [6.07, 6.45) is -0.996. The van der Waals surface area contributed by atoms with E-state index in [2.05, 4.69) is 26.1 Å². The summed E-state index contributed by atoms with van der Waals surface area (Å²) in [5.41, 5.74) is 2.29. The second kappa shape index (κ2) is 10.5. The Bertz CT molecular complexity index is 1350. The molecule has 2 atom stereocenters. The molecule has 1 N–H and O–H groups in total. The average Bonchev–Trinajstić information content (AvgIpc) is 2.90. The van der Waals surface area contributed by atoms with Gasteiger partial charge in [-0.05, 0) is 58.9 Å². The molecule has 4 rings (SSSR count). The first-order valence-corrected chi connectivity index (χ1v) is 13.8. The van der Waals surface area contributed by atoms with E-state index in [0.29, 0.717) is 23.7 Å². The van der Waals surface area contributed by atoms with Gasteiger partial charge in [0.1, 0.15) is 11.5 Å². The van der Waals surface area contributed by atoms with Gasteiger partial charge in [0.2, 0.25) is 0 Å². The minimum atomic E-state index is -3.99. The summed E-state index contributed by atoms with van der Waals surface area (Å²) in [4.78, 5) is 13.3. The van der Waals surface area contributed by atoms with E-state index in [1.807, 2.05) is 49.4 Å². The van der Waals surface area contributed by atoms with Crippen molar-refractivity contribution in [2.45, 2.75) is 50.0 Å². The van der Waals surface area contributed by atoms with Crippen LogP contribution in [-0.2, 0) is 20.2 Å². The molecule has 0 bridgehead atoms. The second-order valence-electron chi connectivity index (χ2n) is 10.3. The van der Waals surface area contributed by atoms with Crippen LogP contribution < -0.4 is 19.1 Å². The highest BCUT2D eigenvalue weighted by Crippen LogP contribution is 2.40. The fraction of sp³-hybridized carbons (Fsp3) is 0.345. The van der Waals surface area contributed by atoms with Gasteiger partial charge in [0, 0.05) is 6.54 Å². The summed E-state index contributed by atoms with van der Waals surface area (Å²) in [7, 11) is -2.46. The zero-order valence-corrected chi connectivity index (χ0v) is 22.7. The standard InChI is InChI=1S/C29H34N2O5S/c1-20(21-9-7-6-8-10-21)18-30-28(32)27-19-31(37(33,34)24-14-12-23(35-5)13-15-24)25-17-22(29(2,3)4)11-16-26(25)36-27/h6-17,20,27H,18-19H2,1-5H3,(H,30,32)/t20-,27-/m1/s1. The quantitative estimate of drug-likeness (QED) is 0.479. The highest BCUT2D eigenvalue weighted by Gasteiger charge is 2.38. The number of carbonyl (C=O) groups is 1. The normalized spacial score (nSPS) is 16.4. The number of amides is 1. The average molecular weight is 523 g/mol. The van der Waals surface area contributed by atoms with Crippen LogP contribution in [0.5, 0.6) is 11.5 Å². The molecule has 0 saturated carbocycles. The molecular formula is C29H34N2O5S. The van der Waals surface area contributed by atoms with Crippen molar-refractivity contribution in [3.05, 3.63) is 83.9 Å². The Morgan fingerprint density at radius 2 is 1.76 bits per heavy atom. The number of anilines is 1. The van der Waals surface area contributed by atoms with E-state index in [0.717, 1.165) is 11.1 Å². The molecule has 37 heavy (non-hydrogen) atoms. The van der Waals surface area contributed by atoms with Crippen LogP contribution in [0.25, 0.3) is 0 Å². The lowest BCUT2D eigenvalue weighted by Crippen LogP contribution is -2.51. The molecule has 0 unspecified atom stereocenters. The molecule has 0 spiro atoms. The number of sulfonamides is 1. The van der Waals surface area contributed by atoms with E-state index >= 15 is 0 Å². The number of rotatable bonds is 7. The third-order valence-electron chi connectivity index (χ3n) is 6.59. The lowest BCUT2D eigenvalue weighted by Gasteiger charge is -2.36. The Kier molecular flexibility index (Phi) is 7.50. The first-order chi connectivity index (χ1) is 17.5. The van der Waals surface area contributed by atoms with Crippen LogP contribution in [0.2, 0.25) is 0 Å². The molecule has 1 aliphatic heterocycles. The van der Waals surface area contributed by atoms with Crippen molar-refractivity contribution < 1.29 is 22.7 Å². The van der Waals surface area contributed by atoms with Gasteiger partial charge < -0.3 is 14.8 Å². The van der Waals surface area contributed by atoms with Gasteiger partial charge in [-0.1, -0.05) is 64.1 Å². The third-order valence-corrected chi connectivity index (χ3v) is 8.38. The Hall–Kier alpha value is -3.52. The van der Waals surface area contributed by atoms with Crippen molar-refractivity contribution in [2.24, 2.45) is 0 Å². The van der Waals surface area contributed by atoms with E-state index in [1.165, 1.54) is 23.5 Å². The summed E-state index contributed by atoms with van der Waals surface area (Å²) in [6, 6.07) is 21.6. The molecule has 1 heterocycles. The smallest absolute Gasteiger partial charge is 0.264 e. The molecule has 7 nitrogen and oxygen atoms in total. The van der Waals surface area contributed by atoms with Crippen molar-refractivity contribution >= 4 is 21.6 Å². The van der Waals surface area contributed by atoms with Crippen molar-refractivity contribution in [3.63, 3.8) is 0 Å². The van der Waals surface area contributed by atoms with E-state index in [4.69, 9.17) is 9.47 Å². The van der Waals surface area contributed by atoms with Gasteiger partial charge in [0.25, 0.3) is 15.9 Å². The fourth-order valence-corrected chi connectivity index (χ4v) is 5.69. The van der Waals surface area contributed by atoms with Gasteiger partial charge in [0.05, 0.1) is 24.2 Å². The van der Waals surface area contributed by atoms with Gasteiger partial charge in [0.15, 0.2) is 6.10 Å². The van der Waals surface area contributed by atoms with Crippen molar-refractivity contribution in [1.29, 1.82) is 0 Å². The molecule has 196 valence electrons.